The predicted octanol–water partition coefficient (Wildman–Crippen LogP) is 3.27. The molecule has 2 heterocycles. The average molecular weight is 309 g/mol. The van der Waals surface area contributed by atoms with Gasteiger partial charge in [0.05, 0.1) is 11.9 Å². The van der Waals surface area contributed by atoms with Gasteiger partial charge in [0.2, 0.25) is 0 Å². The molecule has 2 aromatic rings. The summed E-state index contributed by atoms with van der Waals surface area (Å²) in [6.45, 7) is 3.54. The number of piperidine rings is 1. The summed E-state index contributed by atoms with van der Waals surface area (Å²) in [6, 6.07) is 10.6. The molecule has 0 spiro atoms. The van der Waals surface area contributed by atoms with Crippen LogP contribution in [0.1, 0.15) is 41.0 Å². The lowest BCUT2D eigenvalue weighted by Gasteiger charge is -2.32. The topological polar surface area (TPSA) is 46.1 Å². The number of carbonyl (C=O) groups excluding carboxylic acids is 1. The minimum atomic E-state index is 0.0157. The first-order valence-corrected chi connectivity index (χ1v) is 8.34. The van der Waals surface area contributed by atoms with E-state index >= 15 is 0 Å². The van der Waals surface area contributed by atoms with Crippen LogP contribution in [-0.2, 0) is 6.42 Å². The average Bonchev–Trinajstić information content (AvgIpc) is 2.61. The molecule has 4 nitrogen and oxygen atoms in total. The highest BCUT2D eigenvalue weighted by molar-refractivity contribution is 5.92. The summed E-state index contributed by atoms with van der Waals surface area (Å²) in [5, 5.41) is 0. The van der Waals surface area contributed by atoms with Crippen molar-refractivity contribution in [2.45, 2.75) is 32.6 Å². The van der Waals surface area contributed by atoms with E-state index in [4.69, 9.17) is 0 Å². The van der Waals surface area contributed by atoms with Crippen LogP contribution in [-0.4, -0.2) is 33.9 Å². The van der Waals surface area contributed by atoms with E-state index in [1.165, 1.54) is 12.0 Å². The Bertz CT molecular complexity index is 639. The van der Waals surface area contributed by atoms with Crippen molar-refractivity contribution >= 4 is 5.91 Å². The molecule has 3 rings (SSSR count). The summed E-state index contributed by atoms with van der Waals surface area (Å²) in [5.41, 5.74) is 2.67. The third-order valence-electron chi connectivity index (χ3n) is 4.49. The van der Waals surface area contributed by atoms with Crippen molar-refractivity contribution in [3.05, 3.63) is 59.7 Å². The number of aromatic nitrogens is 2. The Morgan fingerprint density at radius 1 is 1.22 bits per heavy atom. The van der Waals surface area contributed by atoms with Crippen LogP contribution in [0.4, 0.5) is 0 Å². The lowest BCUT2D eigenvalue weighted by Crippen LogP contribution is -2.40. The first kappa shape index (κ1) is 15.7. The Balaban J connectivity index is 1.57. The van der Waals surface area contributed by atoms with Crippen LogP contribution in [0.3, 0.4) is 0 Å². The van der Waals surface area contributed by atoms with Gasteiger partial charge in [0.15, 0.2) is 0 Å². The number of amides is 1. The molecule has 23 heavy (non-hydrogen) atoms. The highest BCUT2D eigenvalue weighted by atomic mass is 16.2. The molecule has 1 aromatic carbocycles. The van der Waals surface area contributed by atoms with Crippen molar-refractivity contribution in [1.82, 2.24) is 14.9 Å². The van der Waals surface area contributed by atoms with Crippen molar-refractivity contribution < 1.29 is 4.79 Å². The van der Waals surface area contributed by atoms with E-state index in [0.29, 0.717) is 11.6 Å². The lowest BCUT2D eigenvalue weighted by molar-refractivity contribution is 0.0662. The molecule has 1 atom stereocenters. The Morgan fingerprint density at radius 2 is 2.04 bits per heavy atom. The number of hydrogen-bond acceptors (Lipinski definition) is 3. The van der Waals surface area contributed by atoms with Crippen molar-refractivity contribution in [3.63, 3.8) is 0 Å². The van der Waals surface area contributed by atoms with Gasteiger partial charge in [0, 0.05) is 19.3 Å². The zero-order valence-electron chi connectivity index (χ0n) is 13.6. The summed E-state index contributed by atoms with van der Waals surface area (Å²) < 4.78 is 0. The maximum Gasteiger partial charge on any atom is 0.274 e. The molecule has 0 bridgehead atoms. The van der Waals surface area contributed by atoms with Crippen molar-refractivity contribution in [1.29, 1.82) is 0 Å². The standard InChI is InChI=1S/C19H23N3O/c1-15-12-21-18(13-20-15)19(23)22-11-5-8-17(14-22)10-9-16-6-3-2-4-7-16/h2-4,6-7,12-13,17H,5,8-11,14H2,1H3. The van der Waals surface area contributed by atoms with Crippen molar-refractivity contribution in [2.24, 2.45) is 5.92 Å². The number of hydrogen-bond donors (Lipinski definition) is 0. The quantitative estimate of drug-likeness (QED) is 0.871. The Labute approximate surface area is 137 Å². The first-order valence-electron chi connectivity index (χ1n) is 8.34. The summed E-state index contributed by atoms with van der Waals surface area (Å²) in [4.78, 5) is 22.9. The van der Waals surface area contributed by atoms with Gasteiger partial charge in [0.1, 0.15) is 5.69 Å². The summed E-state index contributed by atoms with van der Waals surface area (Å²) in [7, 11) is 0. The van der Waals surface area contributed by atoms with E-state index in [2.05, 4.69) is 34.2 Å². The van der Waals surface area contributed by atoms with Crippen LogP contribution in [0.25, 0.3) is 0 Å². The molecule has 1 unspecified atom stereocenters. The fraction of sp³-hybridized carbons (Fsp3) is 0.421. The summed E-state index contributed by atoms with van der Waals surface area (Å²) in [6.07, 6.45) is 7.74. The highest BCUT2D eigenvalue weighted by Crippen LogP contribution is 2.22. The van der Waals surface area contributed by atoms with Gasteiger partial charge in [-0.25, -0.2) is 4.98 Å². The molecule has 0 aliphatic carbocycles. The molecule has 0 N–H and O–H groups in total. The number of aryl methyl sites for hydroxylation is 2. The zero-order chi connectivity index (χ0) is 16.1. The van der Waals surface area contributed by atoms with E-state index in [1.54, 1.807) is 12.4 Å². The van der Waals surface area contributed by atoms with E-state index in [-0.39, 0.29) is 5.91 Å². The number of carbonyl (C=O) groups is 1. The van der Waals surface area contributed by atoms with Crippen LogP contribution in [0, 0.1) is 12.8 Å². The molecule has 120 valence electrons. The summed E-state index contributed by atoms with van der Waals surface area (Å²) in [5.74, 6) is 0.591. The lowest BCUT2D eigenvalue weighted by atomic mass is 9.91. The van der Waals surface area contributed by atoms with Gasteiger partial charge in [0.25, 0.3) is 5.91 Å². The molecule has 1 amide bonds. The fourth-order valence-corrected chi connectivity index (χ4v) is 3.17. The van der Waals surface area contributed by atoms with E-state index in [9.17, 15) is 4.79 Å². The minimum absolute atomic E-state index is 0.0157. The molecule has 0 saturated carbocycles. The first-order chi connectivity index (χ1) is 11.2. The zero-order valence-corrected chi connectivity index (χ0v) is 13.6. The second kappa shape index (κ2) is 7.36. The molecule has 1 fully saturated rings. The minimum Gasteiger partial charge on any atom is -0.337 e. The van der Waals surface area contributed by atoms with Crippen LogP contribution in [0.15, 0.2) is 42.7 Å². The van der Waals surface area contributed by atoms with Crippen molar-refractivity contribution in [3.8, 4) is 0 Å². The number of nitrogens with zero attached hydrogens (tertiary/aromatic N) is 3. The van der Waals surface area contributed by atoms with E-state index in [1.807, 2.05) is 17.9 Å². The SMILES string of the molecule is Cc1cnc(C(=O)N2CCCC(CCc3ccccc3)C2)cn1. The molecular formula is C19H23N3O. The molecule has 0 radical (unpaired) electrons. The van der Waals surface area contributed by atoms with E-state index < -0.39 is 0 Å². The second-order valence-electron chi connectivity index (χ2n) is 6.33. The fourth-order valence-electron chi connectivity index (χ4n) is 3.17. The van der Waals surface area contributed by atoms with Gasteiger partial charge in [-0.2, -0.15) is 0 Å². The molecule has 1 aromatic heterocycles. The van der Waals surface area contributed by atoms with Gasteiger partial charge in [-0.15, -0.1) is 0 Å². The van der Waals surface area contributed by atoms with Gasteiger partial charge >= 0.3 is 0 Å². The Hall–Kier alpha value is -2.23. The van der Waals surface area contributed by atoms with Crippen molar-refractivity contribution in [2.75, 3.05) is 13.1 Å². The Kier molecular flexibility index (Phi) is 5.01. The largest absolute Gasteiger partial charge is 0.337 e. The van der Waals surface area contributed by atoms with E-state index in [0.717, 1.165) is 38.0 Å². The summed E-state index contributed by atoms with van der Waals surface area (Å²) >= 11 is 0. The molecule has 1 aliphatic rings. The van der Waals surface area contributed by atoms with Crippen LogP contribution in [0.2, 0.25) is 0 Å². The predicted molar refractivity (Wildman–Crippen MR) is 90.2 cm³/mol. The molecule has 1 aliphatic heterocycles. The van der Waals surface area contributed by atoms with Crippen LogP contribution >= 0.6 is 0 Å². The second-order valence-corrected chi connectivity index (χ2v) is 6.33. The third kappa shape index (κ3) is 4.15. The van der Waals surface area contributed by atoms with Gasteiger partial charge in [-0.05, 0) is 44.1 Å². The maximum atomic E-state index is 12.6. The third-order valence-corrected chi connectivity index (χ3v) is 4.49. The smallest absolute Gasteiger partial charge is 0.274 e. The number of benzene rings is 1. The van der Waals surface area contributed by atoms with Crippen LogP contribution in [0.5, 0.6) is 0 Å². The number of rotatable bonds is 4. The van der Waals surface area contributed by atoms with Crippen LogP contribution < -0.4 is 0 Å². The molecular weight excluding hydrogens is 286 g/mol. The maximum absolute atomic E-state index is 12.6. The number of likely N-dealkylation sites (tertiary alicyclic amines) is 1. The monoisotopic (exact) mass is 309 g/mol. The molecule has 1 saturated heterocycles. The van der Waals surface area contributed by atoms with Gasteiger partial charge in [-0.3, -0.25) is 9.78 Å². The highest BCUT2D eigenvalue weighted by Gasteiger charge is 2.25. The Morgan fingerprint density at radius 3 is 2.78 bits per heavy atom. The van der Waals surface area contributed by atoms with Gasteiger partial charge < -0.3 is 4.90 Å². The van der Waals surface area contributed by atoms with Gasteiger partial charge in [-0.1, -0.05) is 30.3 Å². The molecule has 4 heteroatoms. The normalized spacial score (nSPS) is 18.0.